The van der Waals surface area contributed by atoms with Crippen LogP contribution in [0, 0.1) is 11.3 Å². The molecule has 2 heterocycles. The van der Waals surface area contributed by atoms with E-state index in [4.69, 9.17) is 0 Å². The Morgan fingerprint density at radius 1 is 1.18 bits per heavy atom. The number of carbonyl (C=O) groups excluding carboxylic acids is 2. The van der Waals surface area contributed by atoms with Crippen molar-refractivity contribution in [2.24, 2.45) is 11.3 Å². The molecule has 1 saturated carbocycles. The first kappa shape index (κ1) is 15.7. The van der Waals surface area contributed by atoms with E-state index < -0.39 is 0 Å². The number of nitrogens with one attached hydrogen (secondary N) is 2. The maximum atomic E-state index is 12.2. The molecule has 6 nitrogen and oxygen atoms in total. The summed E-state index contributed by atoms with van der Waals surface area (Å²) in [6.45, 7) is 6.05. The zero-order valence-corrected chi connectivity index (χ0v) is 13.6. The molecule has 124 valence electrons. The molecular weight excluding hydrogens is 280 g/mol. The molecule has 1 spiro atoms. The SMILES string of the molecule is CN1CCN(C(=O)CCNC(=O)C2CC23CCNCC3)CC1. The first-order valence-corrected chi connectivity index (χ1v) is 8.55. The molecule has 0 aromatic heterocycles. The van der Waals surface area contributed by atoms with E-state index in [0.717, 1.165) is 58.5 Å². The summed E-state index contributed by atoms with van der Waals surface area (Å²) in [6.07, 6.45) is 3.69. The third-order valence-electron chi connectivity index (χ3n) is 5.60. The summed E-state index contributed by atoms with van der Waals surface area (Å²) in [5, 5.41) is 6.33. The van der Waals surface area contributed by atoms with Crippen molar-refractivity contribution >= 4 is 11.8 Å². The molecular formula is C16H28N4O2. The van der Waals surface area contributed by atoms with Crippen molar-refractivity contribution in [1.82, 2.24) is 20.4 Å². The van der Waals surface area contributed by atoms with Crippen LogP contribution in [0.25, 0.3) is 0 Å². The van der Waals surface area contributed by atoms with Crippen molar-refractivity contribution in [1.29, 1.82) is 0 Å². The number of hydrogen-bond acceptors (Lipinski definition) is 4. The zero-order chi connectivity index (χ0) is 15.6. The van der Waals surface area contributed by atoms with Crippen molar-refractivity contribution in [3.63, 3.8) is 0 Å². The fraction of sp³-hybridized carbons (Fsp3) is 0.875. The van der Waals surface area contributed by atoms with E-state index >= 15 is 0 Å². The molecule has 1 atom stereocenters. The highest BCUT2D eigenvalue weighted by molar-refractivity contribution is 5.83. The molecule has 0 radical (unpaired) electrons. The molecule has 0 aromatic carbocycles. The molecule has 3 fully saturated rings. The van der Waals surface area contributed by atoms with Gasteiger partial charge in [0.05, 0.1) is 0 Å². The molecule has 3 rings (SSSR count). The molecule has 1 unspecified atom stereocenters. The lowest BCUT2D eigenvalue weighted by Crippen LogP contribution is -2.47. The monoisotopic (exact) mass is 308 g/mol. The van der Waals surface area contributed by atoms with Gasteiger partial charge >= 0.3 is 0 Å². The summed E-state index contributed by atoms with van der Waals surface area (Å²) in [7, 11) is 2.08. The maximum absolute atomic E-state index is 12.2. The van der Waals surface area contributed by atoms with Crippen molar-refractivity contribution in [2.75, 3.05) is 52.9 Å². The van der Waals surface area contributed by atoms with Gasteiger partial charge in [-0.3, -0.25) is 9.59 Å². The molecule has 22 heavy (non-hydrogen) atoms. The lowest BCUT2D eigenvalue weighted by molar-refractivity contribution is -0.132. The topological polar surface area (TPSA) is 64.7 Å². The highest BCUT2D eigenvalue weighted by Gasteiger charge is 2.57. The number of piperazine rings is 1. The van der Waals surface area contributed by atoms with Crippen LogP contribution in [0.1, 0.15) is 25.7 Å². The van der Waals surface area contributed by atoms with E-state index in [9.17, 15) is 9.59 Å². The Hall–Kier alpha value is -1.14. The van der Waals surface area contributed by atoms with Crippen molar-refractivity contribution in [3.8, 4) is 0 Å². The lowest BCUT2D eigenvalue weighted by Gasteiger charge is -2.32. The molecule has 0 aromatic rings. The van der Waals surface area contributed by atoms with Gasteiger partial charge in [-0.1, -0.05) is 0 Å². The number of piperidine rings is 1. The van der Waals surface area contributed by atoms with E-state index in [0.29, 0.717) is 13.0 Å². The molecule has 0 bridgehead atoms. The highest BCUT2D eigenvalue weighted by Crippen LogP contribution is 2.58. The van der Waals surface area contributed by atoms with Gasteiger partial charge in [-0.25, -0.2) is 0 Å². The van der Waals surface area contributed by atoms with E-state index in [-0.39, 0.29) is 23.1 Å². The van der Waals surface area contributed by atoms with Crippen molar-refractivity contribution in [2.45, 2.75) is 25.7 Å². The van der Waals surface area contributed by atoms with Crippen LogP contribution in [-0.2, 0) is 9.59 Å². The van der Waals surface area contributed by atoms with Gasteiger partial charge in [-0.05, 0) is 44.8 Å². The number of amides is 2. The number of rotatable bonds is 4. The van der Waals surface area contributed by atoms with Gasteiger partial charge in [-0.2, -0.15) is 0 Å². The quantitative estimate of drug-likeness (QED) is 0.745. The first-order valence-electron chi connectivity index (χ1n) is 8.55. The minimum Gasteiger partial charge on any atom is -0.355 e. The van der Waals surface area contributed by atoms with Crippen LogP contribution in [0.2, 0.25) is 0 Å². The van der Waals surface area contributed by atoms with Crippen LogP contribution >= 0.6 is 0 Å². The average molecular weight is 308 g/mol. The molecule has 2 N–H and O–H groups in total. The van der Waals surface area contributed by atoms with Crippen LogP contribution < -0.4 is 10.6 Å². The molecule has 2 aliphatic heterocycles. The summed E-state index contributed by atoms with van der Waals surface area (Å²) in [5.74, 6) is 0.516. The van der Waals surface area contributed by atoms with Crippen LogP contribution in [0.5, 0.6) is 0 Å². The average Bonchev–Trinajstić information content (AvgIpc) is 3.21. The van der Waals surface area contributed by atoms with Gasteiger partial charge in [0.2, 0.25) is 11.8 Å². The molecule has 2 saturated heterocycles. The second-order valence-electron chi connectivity index (χ2n) is 7.09. The second kappa shape index (κ2) is 6.54. The molecule has 3 aliphatic rings. The lowest BCUT2D eigenvalue weighted by atomic mass is 9.92. The van der Waals surface area contributed by atoms with Gasteiger partial charge in [0.15, 0.2) is 0 Å². The third kappa shape index (κ3) is 3.43. The third-order valence-corrected chi connectivity index (χ3v) is 5.60. The number of carbonyl (C=O) groups is 2. The Labute approximate surface area is 132 Å². The van der Waals surface area contributed by atoms with E-state index in [1.165, 1.54) is 0 Å². The Morgan fingerprint density at radius 3 is 2.55 bits per heavy atom. The summed E-state index contributed by atoms with van der Waals surface area (Å²) in [6, 6.07) is 0. The Morgan fingerprint density at radius 2 is 1.86 bits per heavy atom. The fourth-order valence-corrected chi connectivity index (χ4v) is 3.83. The Bertz CT molecular complexity index is 426. The van der Waals surface area contributed by atoms with Crippen LogP contribution in [0.15, 0.2) is 0 Å². The molecule has 2 amide bonds. The minimum absolute atomic E-state index is 0.160. The molecule has 6 heteroatoms. The predicted octanol–water partition coefficient (Wildman–Crippen LogP) is -0.344. The van der Waals surface area contributed by atoms with Crippen LogP contribution in [0.3, 0.4) is 0 Å². The van der Waals surface area contributed by atoms with Gasteiger partial charge < -0.3 is 20.4 Å². The Balaban J connectivity index is 1.35. The zero-order valence-electron chi connectivity index (χ0n) is 13.6. The summed E-state index contributed by atoms with van der Waals surface area (Å²) in [5.41, 5.74) is 0.275. The van der Waals surface area contributed by atoms with Crippen LogP contribution in [0.4, 0.5) is 0 Å². The van der Waals surface area contributed by atoms with Gasteiger partial charge in [0.25, 0.3) is 0 Å². The smallest absolute Gasteiger partial charge is 0.224 e. The summed E-state index contributed by atoms with van der Waals surface area (Å²) in [4.78, 5) is 28.5. The summed E-state index contributed by atoms with van der Waals surface area (Å²) < 4.78 is 0. The van der Waals surface area contributed by atoms with Crippen molar-refractivity contribution < 1.29 is 9.59 Å². The number of likely N-dealkylation sites (N-methyl/N-ethyl adjacent to an activating group) is 1. The van der Waals surface area contributed by atoms with Crippen LogP contribution in [-0.4, -0.2) is 74.5 Å². The normalized spacial score (nSPS) is 27.7. The number of nitrogens with zero attached hydrogens (tertiary/aromatic N) is 2. The predicted molar refractivity (Wildman–Crippen MR) is 84.3 cm³/mol. The second-order valence-corrected chi connectivity index (χ2v) is 7.09. The van der Waals surface area contributed by atoms with E-state index in [1.54, 1.807) is 0 Å². The van der Waals surface area contributed by atoms with Crippen molar-refractivity contribution in [3.05, 3.63) is 0 Å². The largest absolute Gasteiger partial charge is 0.355 e. The van der Waals surface area contributed by atoms with E-state index in [1.807, 2.05) is 4.90 Å². The van der Waals surface area contributed by atoms with Gasteiger partial charge in [0.1, 0.15) is 0 Å². The Kier molecular flexibility index (Phi) is 4.68. The minimum atomic E-state index is 0.160. The van der Waals surface area contributed by atoms with Gasteiger partial charge in [-0.15, -0.1) is 0 Å². The summed E-state index contributed by atoms with van der Waals surface area (Å²) >= 11 is 0. The standard InChI is InChI=1S/C16H28N4O2/c1-19-8-10-20(11-9-19)14(21)2-5-18-15(22)13-12-16(13)3-6-17-7-4-16/h13,17H,2-12H2,1H3,(H,18,22). The first-order chi connectivity index (χ1) is 10.6. The van der Waals surface area contributed by atoms with E-state index in [2.05, 4.69) is 22.6 Å². The van der Waals surface area contributed by atoms with Gasteiger partial charge in [0, 0.05) is 45.1 Å². The maximum Gasteiger partial charge on any atom is 0.224 e. The fourth-order valence-electron chi connectivity index (χ4n) is 3.83. The molecule has 1 aliphatic carbocycles. The highest BCUT2D eigenvalue weighted by atomic mass is 16.2. The number of hydrogen-bond donors (Lipinski definition) is 2.